The summed E-state index contributed by atoms with van der Waals surface area (Å²) in [5.41, 5.74) is 3.16. The van der Waals surface area contributed by atoms with E-state index in [4.69, 9.17) is 0 Å². The minimum absolute atomic E-state index is 0.132. The summed E-state index contributed by atoms with van der Waals surface area (Å²) in [6, 6.07) is 11.6. The highest BCUT2D eigenvalue weighted by atomic mass is 16.2. The van der Waals surface area contributed by atoms with Crippen LogP contribution >= 0.6 is 0 Å². The maximum atomic E-state index is 12.6. The van der Waals surface area contributed by atoms with E-state index in [0.29, 0.717) is 5.69 Å². The van der Waals surface area contributed by atoms with E-state index < -0.39 is 0 Å². The van der Waals surface area contributed by atoms with Gasteiger partial charge in [0, 0.05) is 25.2 Å². The molecule has 3 aromatic rings. The molecule has 0 unspecified atom stereocenters. The standard InChI is InChI=1S/C17H18N4O/c1-4-13-10-16(19-21(13)3)17(22)20(2)14-9-12-7-5-6-8-15(12)18-11-14/h5-11H,4H2,1-3H3. The van der Waals surface area contributed by atoms with Gasteiger partial charge in [-0.05, 0) is 24.6 Å². The van der Waals surface area contributed by atoms with Gasteiger partial charge in [0.2, 0.25) is 0 Å². The Bertz CT molecular complexity index is 838. The van der Waals surface area contributed by atoms with E-state index in [2.05, 4.69) is 10.1 Å². The van der Waals surface area contributed by atoms with Crippen LogP contribution in [0.2, 0.25) is 0 Å². The summed E-state index contributed by atoms with van der Waals surface area (Å²) in [6.07, 6.45) is 2.56. The third kappa shape index (κ3) is 2.45. The van der Waals surface area contributed by atoms with Gasteiger partial charge in [0.1, 0.15) is 0 Å². The average molecular weight is 294 g/mol. The average Bonchev–Trinajstić information content (AvgIpc) is 2.94. The monoisotopic (exact) mass is 294 g/mol. The van der Waals surface area contributed by atoms with Gasteiger partial charge in [0.15, 0.2) is 5.69 Å². The van der Waals surface area contributed by atoms with Gasteiger partial charge in [0.25, 0.3) is 5.91 Å². The summed E-state index contributed by atoms with van der Waals surface area (Å²) in [7, 11) is 3.60. The predicted octanol–water partition coefficient (Wildman–Crippen LogP) is 2.81. The van der Waals surface area contributed by atoms with E-state index in [1.54, 1.807) is 22.8 Å². The quantitative estimate of drug-likeness (QED) is 0.746. The van der Waals surface area contributed by atoms with Gasteiger partial charge in [-0.1, -0.05) is 25.1 Å². The highest BCUT2D eigenvalue weighted by molar-refractivity contribution is 6.05. The summed E-state index contributed by atoms with van der Waals surface area (Å²) in [5.74, 6) is -0.132. The maximum Gasteiger partial charge on any atom is 0.278 e. The molecule has 0 N–H and O–H groups in total. The fourth-order valence-corrected chi connectivity index (χ4v) is 2.47. The van der Waals surface area contributed by atoms with Crippen LogP contribution in [0.15, 0.2) is 42.6 Å². The lowest BCUT2D eigenvalue weighted by Gasteiger charge is -2.16. The van der Waals surface area contributed by atoms with Crippen molar-refractivity contribution in [1.82, 2.24) is 14.8 Å². The molecular weight excluding hydrogens is 276 g/mol. The molecule has 2 aromatic heterocycles. The van der Waals surface area contributed by atoms with Gasteiger partial charge in [-0.15, -0.1) is 0 Å². The van der Waals surface area contributed by atoms with E-state index in [0.717, 1.165) is 28.7 Å². The molecule has 3 rings (SSSR count). The Hall–Kier alpha value is -2.69. The number of carbonyl (C=O) groups excluding carboxylic acids is 1. The summed E-state index contributed by atoms with van der Waals surface area (Å²) in [6.45, 7) is 2.04. The molecule has 0 bridgehead atoms. The molecule has 0 fully saturated rings. The Labute approximate surface area is 129 Å². The van der Waals surface area contributed by atoms with Crippen molar-refractivity contribution >= 4 is 22.5 Å². The van der Waals surface area contributed by atoms with Crippen molar-refractivity contribution < 1.29 is 4.79 Å². The first-order valence-corrected chi connectivity index (χ1v) is 7.26. The van der Waals surface area contributed by atoms with Crippen LogP contribution in [0.5, 0.6) is 0 Å². The number of anilines is 1. The largest absolute Gasteiger partial charge is 0.308 e. The summed E-state index contributed by atoms with van der Waals surface area (Å²) >= 11 is 0. The van der Waals surface area contributed by atoms with Crippen LogP contribution in [-0.4, -0.2) is 27.7 Å². The molecule has 1 amide bonds. The summed E-state index contributed by atoms with van der Waals surface area (Å²) in [5, 5.41) is 5.30. The van der Waals surface area contributed by atoms with E-state index in [9.17, 15) is 4.79 Å². The van der Waals surface area contributed by atoms with Gasteiger partial charge in [-0.3, -0.25) is 14.5 Å². The Morgan fingerprint density at radius 1 is 1.27 bits per heavy atom. The molecule has 2 heterocycles. The van der Waals surface area contributed by atoms with Crippen LogP contribution in [0.4, 0.5) is 5.69 Å². The van der Waals surface area contributed by atoms with E-state index in [1.807, 2.05) is 50.4 Å². The van der Waals surface area contributed by atoms with Gasteiger partial charge in [0.05, 0.1) is 17.4 Å². The van der Waals surface area contributed by atoms with Crippen LogP contribution < -0.4 is 4.90 Å². The van der Waals surface area contributed by atoms with Crippen LogP contribution in [0.3, 0.4) is 0 Å². The fraction of sp³-hybridized carbons (Fsp3) is 0.235. The molecule has 112 valence electrons. The first-order chi connectivity index (χ1) is 10.6. The predicted molar refractivity (Wildman–Crippen MR) is 87.1 cm³/mol. The second kappa shape index (κ2) is 5.60. The van der Waals surface area contributed by atoms with Crippen LogP contribution in [0, 0.1) is 0 Å². The van der Waals surface area contributed by atoms with Gasteiger partial charge >= 0.3 is 0 Å². The first kappa shape index (κ1) is 14.3. The van der Waals surface area contributed by atoms with Crippen molar-refractivity contribution in [3.63, 3.8) is 0 Å². The van der Waals surface area contributed by atoms with Crippen molar-refractivity contribution in [1.29, 1.82) is 0 Å². The number of pyridine rings is 1. The number of hydrogen-bond acceptors (Lipinski definition) is 3. The molecule has 5 heteroatoms. The normalized spacial score (nSPS) is 10.9. The minimum atomic E-state index is -0.132. The van der Waals surface area contributed by atoms with Crippen molar-refractivity contribution in [2.75, 3.05) is 11.9 Å². The Balaban J connectivity index is 1.93. The Morgan fingerprint density at radius 2 is 2.05 bits per heavy atom. The Morgan fingerprint density at radius 3 is 2.77 bits per heavy atom. The number of rotatable bonds is 3. The summed E-state index contributed by atoms with van der Waals surface area (Å²) < 4.78 is 1.75. The zero-order valence-corrected chi connectivity index (χ0v) is 12.9. The number of fused-ring (bicyclic) bond motifs is 1. The zero-order chi connectivity index (χ0) is 15.7. The molecule has 1 aromatic carbocycles. The molecule has 0 aliphatic carbocycles. The van der Waals surface area contributed by atoms with Crippen LogP contribution in [-0.2, 0) is 13.5 Å². The molecule has 22 heavy (non-hydrogen) atoms. The zero-order valence-electron chi connectivity index (χ0n) is 12.9. The number of amides is 1. The molecule has 0 aliphatic rings. The molecule has 0 saturated carbocycles. The SMILES string of the molecule is CCc1cc(C(=O)N(C)c2cnc3ccccc3c2)nn1C. The van der Waals surface area contributed by atoms with Crippen LogP contribution in [0.25, 0.3) is 10.9 Å². The Kier molecular flexibility index (Phi) is 3.63. The highest BCUT2D eigenvalue weighted by Crippen LogP contribution is 2.20. The summed E-state index contributed by atoms with van der Waals surface area (Å²) in [4.78, 5) is 18.6. The fourth-order valence-electron chi connectivity index (χ4n) is 2.47. The number of hydrogen-bond donors (Lipinski definition) is 0. The number of para-hydroxylation sites is 1. The number of nitrogens with zero attached hydrogens (tertiary/aromatic N) is 4. The van der Waals surface area contributed by atoms with E-state index >= 15 is 0 Å². The minimum Gasteiger partial charge on any atom is -0.308 e. The van der Waals surface area contributed by atoms with Crippen molar-refractivity contribution in [3.05, 3.63) is 54.0 Å². The molecule has 0 aliphatic heterocycles. The lowest BCUT2D eigenvalue weighted by molar-refractivity contribution is 0.0987. The molecular formula is C17H18N4O. The smallest absolute Gasteiger partial charge is 0.278 e. The van der Waals surface area contributed by atoms with Gasteiger partial charge in [-0.2, -0.15) is 5.10 Å². The van der Waals surface area contributed by atoms with Crippen molar-refractivity contribution in [3.8, 4) is 0 Å². The highest BCUT2D eigenvalue weighted by Gasteiger charge is 2.18. The second-order valence-electron chi connectivity index (χ2n) is 5.25. The lowest BCUT2D eigenvalue weighted by Crippen LogP contribution is -2.26. The lowest BCUT2D eigenvalue weighted by atomic mass is 10.2. The molecule has 0 saturated heterocycles. The maximum absolute atomic E-state index is 12.6. The topological polar surface area (TPSA) is 51.0 Å². The number of carbonyl (C=O) groups is 1. The van der Waals surface area contributed by atoms with Gasteiger partial charge in [-0.25, -0.2) is 0 Å². The second-order valence-corrected chi connectivity index (χ2v) is 5.25. The number of aryl methyl sites for hydroxylation is 2. The van der Waals surface area contributed by atoms with Crippen molar-refractivity contribution in [2.45, 2.75) is 13.3 Å². The number of aromatic nitrogens is 3. The third-order valence-corrected chi connectivity index (χ3v) is 3.83. The molecule has 0 atom stereocenters. The molecule has 0 spiro atoms. The number of benzene rings is 1. The third-order valence-electron chi connectivity index (χ3n) is 3.83. The van der Waals surface area contributed by atoms with E-state index in [-0.39, 0.29) is 5.91 Å². The first-order valence-electron chi connectivity index (χ1n) is 7.26. The van der Waals surface area contributed by atoms with Crippen LogP contribution in [0.1, 0.15) is 23.1 Å². The molecule has 5 nitrogen and oxygen atoms in total. The van der Waals surface area contributed by atoms with Gasteiger partial charge < -0.3 is 4.90 Å². The molecule has 0 radical (unpaired) electrons. The van der Waals surface area contributed by atoms with Crippen molar-refractivity contribution in [2.24, 2.45) is 7.05 Å². The van der Waals surface area contributed by atoms with E-state index in [1.165, 1.54) is 0 Å².